The molecule has 0 aliphatic rings. The quantitative estimate of drug-likeness (QED) is 0.742. The first kappa shape index (κ1) is 12.8. The second kappa shape index (κ2) is 5.36. The Morgan fingerprint density at radius 2 is 1.44 bits per heavy atom. The van der Waals surface area contributed by atoms with E-state index in [1.165, 1.54) is 0 Å². The van der Waals surface area contributed by atoms with Gasteiger partial charge in [-0.25, -0.2) is 0 Å². The summed E-state index contributed by atoms with van der Waals surface area (Å²) in [7, 11) is -4.01. The van der Waals surface area contributed by atoms with Crippen LogP contribution in [0.15, 0.2) is 54.6 Å². The number of hydrogen-bond donors (Lipinski definition) is 3. The summed E-state index contributed by atoms with van der Waals surface area (Å²) >= 11 is 0. The molecule has 3 N–H and O–H groups in total. The topological polar surface area (TPSA) is 69.6 Å². The van der Waals surface area contributed by atoms with Crippen LogP contribution in [0, 0.1) is 0 Å². The van der Waals surface area contributed by atoms with Crippen molar-refractivity contribution < 1.29 is 14.4 Å². The third kappa shape index (κ3) is 3.70. The summed E-state index contributed by atoms with van der Waals surface area (Å²) in [6.07, 6.45) is -0.350. The van der Waals surface area contributed by atoms with Crippen molar-refractivity contribution in [1.29, 1.82) is 0 Å². The van der Waals surface area contributed by atoms with Gasteiger partial charge in [-0.05, 0) is 23.3 Å². The van der Waals surface area contributed by atoms with E-state index in [0.717, 1.165) is 11.1 Å². The smallest absolute Gasteiger partial charge is 0.344 e. The first-order valence-corrected chi connectivity index (χ1v) is 7.28. The van der Waals surface area contributed by atoms with Gasteiger partial charge in [0.25, 0.3) is 0 Å². The molecule has 0 aliphatic heterocycles. The van der Waals surface area contributed by atoms with Gasteiger partial charge in [-0.2, -0.15) is 0 Å². The van der Waals surface area contributed by atoms with Crippen LogP contribution in [0.2, 0.25) is 0 Å². The van der Waals surface area contributed by atoms with Crippen molar-refractivity contribution in [2.24, 2.45) is 0 Å². The summed E-state index contributed by atoms with van der Waals surface area (Å²) < 4.78 is 10.7. The summed E-state index contributed by atoms with van der Waals surface area (Å²) in [6, 6.07) is 17.4. The van der Waals surface area contributed by atoms with Crippen molar-refractivity contribution in [2.45, 2.75) is 0 Å². The van der Waals surface area contributed by atoms with Gasteiger partial charge >= 0.3 is 7.60 Å². The Bertz CT molecular complexity index is 548. The number of hydrogen-bond acceptors (Lipinski definition) is 2. The van der Waals surface area contributed by atoms with Crippen LogP contribution >= 0.6 is 7.60 Å². The second-order valence-electron chi connectivity index (χ2n) is 3.94. The van der Waals surface area contributed by atoms with E-state index in [2.05, 4.69) is 5.32 Å². The first-order chi connectivity index (χ1) is 8.54. The molecule has 2 rings (SSSR count). The van der Waals surface area contributed by atoms with Crippen molar-refractivity contribution in [3.05, 3.63) is 54.6 Å². The van der Waals surface area contributed by atoms with Crippen LogP contribution < -0.4 is 5.32 Å². The number of nitrogens with one attached hydrogen (secondary N) is 1. The Kier molecular flexibility index (Phi) is 3.82. The Labute approximate surface area is 105 Å². The van der Waals surface area contributed by atoms with Crippen LogP contribution in [-0.4, -0.2) is 16.1 Å². The van der Waals surface area contributed by atoms with Gasteiger partial charge in [0.05, 0.1) is 0 Å². The van der Waals surface area contributed by atoms with E-state index in [-0.39, 0.29) is 6.29 Å². The lowest BCUT2D eigenvalue weighted by Gasteiger charge is -2.08. The van der Waals surface area contributed by atoms with Gasteiger partial charge in [-0.1, -0.05) is 42.5 Å². The maximum absolute atomic E-state index is 10.7. The summed E-state index contributed by atoms with van der Waals surface area (Å²) in [5.74, 6) is 0. The lowest BCUT2D eigenvalue weighted by molar-refractivity contribution is 0.375. The molecular formula is C13H14NO3P. The highest BCUT2D eigenvalue weighted by atomic mass is 31.2. The fourth-order valence-electron chi connectivity index (χ4n) is 1.61. The zero-order chi connectivity index (χ0) is 13.0. The van der Waals surface area contributed by atoms with Gasteiger partial charge in [-0.3, -0.25) is 4.57 Å². The minimum absolute atomic E-state index is 0.350. The van der Waals surface area contributed by atoms with Crippen molar-refractivity contribution in [1.82, 2.24) is 0 Å². The normalized spacial score (nSPS) is 11.2. The average Bonchev–Trinajstić information content (AvgIpc) is 2.37. The van der Waals surface area contributed by atoms with Gasteiger partial charge < -0.3 is 15.1 Å². The fourth-order valence-corrected chi connectivity index (χ4v) is 1.99. The Morgan fingerprint density at radius 1 is 0.889 bits per heavy atom. The standard InChI is InChI=1S/C13H14NO3P/c15-18(16,17)10-14-13-8-6-12(7-9-13)11-4-2-1-3-5-11/h1-9,14H,10H2,(H2,15,16,17). The maximum atomic E-state index is 10.7. The van der Waals surface area contributed by atoms with Gasteiger partial charge in [0.15, 0.2) is 0 Å². The van der Waals surface area contributed by atoms with Crippen LogP contribution in [0.3, 0.4) is 0 Å². The molecule has 0 saturated heterocycles. The van der Waals surface area contributed by atoms with E-state index >= 15 is 0 Å². The van der Waals surface area contributed by atoms with Crippen molar-refractivity contribution in [3.63, 3.8) is 0 Å². The lowest BCUT2D eigenvalue weighted by atomic mass is 10.1. The van der Waals surface area contributed by atoms with Crippen LogP contribution in [0.5, 0.6) is 0 Å². The molecule has 0 spiro atoms. The Morgan fingerprint density at radius 3 is 2.00 bits per heavy atom. The van der Waals surface area contributed by atoms with Crippen LogP contribution in [0.25, 0.3) is 11.1 Å². The molecule has 2 aromatic carbocycles. The molecule has 0 heterocycles. The van der Waals surface area contributed by atoms with E-state index in [4.69, 9.17) is 9.79 Å². The highest BCUT2D eigenvalue weighted by Crippen LogP contribution is 2.34. The predicted octanol–water partition coefficient (Wildman–Crippen LogP) is 2.90. The fraction of sp³-hybridized carbons (Fsp3) is 0.0769. The molecule has 0 amide bonds. The molecule has 0 unspecified atom stereocenters. The van der Waals surface area contributed by atoms with E-state index in [9.17, 15) is 4.57 Å². The highest BCUT2D eigenvalue weighted by molar-refractivity contribution is 7.51. The molecule has 4 nitrogen and oxygen atoms in total. The molecule has 0 radical (unpaired) electrons. The highest BCUT2D eigenvalue weighted by Gasteiger charge is 2.11. The SMILES string of the molecule is O=P(O)(O)CNc1ccc(-c2ccccc2)cc1. The molecule has 0 aliphatic carbocycles. The number of anilines is 1. The molecular weight excluding hydrogens is 249 g/mol. The van der Waals surface area contributed by atoms with Gasteiger partial charge in [0.2, 0.25) is 0 Å². The molecule has 0 saturated carbocycles. The van der Waals surface area contributed by atoms with Crippen LogP contribution in [0.4, 0.5) is 5.69 Å². The first-order valence-electron chi connectivity index (χ1n) is 5.48. The molecule has 0 fully saturated rings. The predicted molar refractivity (Wildman–Crippen MR) is 72.4 cm³/mol. The Hall–Kier alpha value is -1.61. The second-order valence-corrected chi connectivity index (χ2v) is 5.59. The molecule has 5 heteroatoms. The summed E-state index contributed by atoms with van der Waals surface area (Å²) in [6.45, 7) is 0. The van der Waals surface area contributed by atoms with Crippen molar-refractivity contribution >= 4 is 13.3 Å². The summed E-state index contributed by atoms with van der Waals surface area (Å²) in [5, 5.41) is 2.70. The third-order valence-electron chi connectivity index (χ3n) is 2.48. The maximum Gasteiger partial charge on any atom is 0.344 e. The van der Waals surface area contributed by atoms with Crippen molar-refractivity contribution in [3.8, 4) is 11.1 Å². The van der Waals surface area contributed by atoms with Gasteiger partial charge in [0, 0.05) is 5.69 Å². The Balaban J connectivity index is 2.09. The zero-order valence-electron chi connectivity index (χ0n) is 9.65. The number of rotatable bonds is 4. The van der Waals surface area contributed by atoms with Crippen molar-refractivity contribution in [2.75, 3.05) is 11.6 Å². The largest absolute Gasteiger partial charge is 0.374 e. The minimum atomic E-state index is -4.01. The molecule has 0 bridgehead atoms. The minimum Gasteiger partial charge on any atom is -0.374 e. The molecule has 94 valence electrons. The number of benzene rings is 2. The monoisotopic (exact) mass is 263 g/mol. The molecule has 18 heavy (non-hydrogen) atoms. The van der Waals surface area contributed by atoms with E-state index in [0.29, 0.717) is 5.69 Å². The molecule has 2 aromatic rings. The lowest BCUT2D eigenvalue weighted by Crippen LogP contribution is -2.01. The van der Waals surface area contributed by atoms with Gasteiger partial charge in [0.1, 0.15) is 6.29 Å². The van der Waals surface area contributed by atoms with E-state index in [1.807, 2.05) is 42.5 Å². The van der Waals surface area contributed by atoms with E-state index in [1.54, 1.807) is 12.1 Å². The summed E-state index contributed by atoms with van der Waals surface area (Å²) in [5.41, 5.74) is 2.87. The third-order valence-corrected chi connectivity index (χ3v) is 3.05. The zero-order valence-corrected chi connectivity index (χ0v) is 10.5. The molecule has 0 aromatic heterocycles. The summed E-state index contributed by atoms with van der Waals surface area (Å²) in [4.78, 5) is 17.5. The van der Waals surface area contributed by atoms with Crippen LogP contribution in [0.1, 0.15) is 0 Å². The average molecular weight is 263 g/mol. The van der Waals surface area contributed by atoms with Crippen LogP contribution in [-0.2, 0) is 4.57 Å². The van der Waals surface area contributed by atoms with Gasteiger partial charge in [-0.15, -0.1) is 0 Å². The van der Waals surface area contributed by atoms with E-state index < -0.39 is 7.60 Å². The molecule has 0 atom stereocenters.